The van der Waals surface area contributed by atoms with Crippen LogP contribution in [0.5, 0.6) is 0 Å². The quantitative estimate of drug-likeness (QED) is 0.634. The van der Waals surface area contributed by atoms with Gasteiger partial charge in [0, 0.05) is 3.57 Å². The van der Waals surface area contributed by atoms with Crippen LogP contribution in [0.15, 0.2) is 30.9 Å². The maximum atomic E-state index is 13.4. The number of carbonyl (C=O) groups is 1. The lowest BCUT2D eigenvalue weighted by atomic mass is 10.1. The number of carbonyl (C=O) groups excluding carboxylic acids is 1. The third-order valence-corrected chi connectivity index (χ3v) is 2.77. The topological polar surface area (TPSA) is 38.3 Å². The Kier molecular flexibility index (Phi) is 5.34. The molecule has 0 aromatic heterocycles. The molecule has 1 N–H and O–H groups in total. The molecule has 0 unspecified atom stereocenters. The minimum atomic E-state index is -0.577. The maximum absolute atomic E-state index is 13.4. The van der Waals surface area contributed by atoms with E-state index in [1.165, 1.54) is 18.2 Å². The molecule has 5 heteroatoms. The average molecular weight is 377 g/mol. The molecular formula is C14H17FINO2. The molecule has 1 atom stereocenters. The van der Waals surface area contributed by atoms with Crippen LogP contribution < -0.4 is 5.32 Å². The van der Waals surface area contributed by atoms with Crippen LogP contribution in [0.2, 0.25) is 0 Å². The molecule has 0 aliphatic heterocycles. The molecule has 3 nitrogen and oxygen atoms in total. The van der Waals surface area contributed by atoms with E-state index in [9.17, 15) is 9.18 Å². The van der Waals surface area contributed by atoms with Crippen molar-refractivity contribution < 1.29 is 13.9 Å². The highest BCUT2D eigenvalue weighted by molar-refractivity contribution is 14.1. The van der Waals surface area contributed by atoms with E-state index in [1.807, 2.05) is 22.6 Å². The zero-order valence-electron chi connectivity index (χ0n) is 11.2. The minimum absolute atomic E-state index is 0.347. The predicted octanol–water partition coefficient (Wildman–Crippen LogP) is 4.18. The first-order valence-electron chi connectivity index (χ1n) is 5.79. The van der Waals surface area contributed by atoms with Crippen molar-refractivity contribution in [3.63, 3.8) is 0 Å². The molecule has 1 aromatic carbocycles. The number of benzene rings is 1. The Balaban J connectivity index is 2.84. The number of hydrogen-bond acceptors (Lipinski definition) is 2. The van der Waals surface area contributed by atoms with Gasteiger partial charge < -0.3 is 10.1 Å². The van der Waals surface area contributed by atoms with Crippen molar-refractivity contribution in [1.82, 2.24) is 5.32 Å². The van der Waals surface area contributed by atoms with Gasteiger partial charge in [0.2, 0.25) is 0 Å². The highest BCUT2D eigenvalue weighted by Crippen LogP contribution is 2.19. The van der Waals surface area contributed by atoms with Crippen LogP contribution in [-0.2, 0) is 4.74 Å². The van der Waals surface area contributed by atoms with Gasteiger partial charge in [0.05, 0.1) is 6.04 Å². The molecule has 0 saturated carbocycles. The SMILES string of the molecule is C=C[C@@H](NC(=O)OC(C)(C)C)c1cc(F)cc(I)c1. The molecule has 0 aliphatic rings. The van der Waals surface area contributed by atoms with Gasteiger partial charge in [-0.3, -0.25) is 0 Å². The average Bonchev–Trinajstić information content (AvgIpc) is 2.21. The standard InChI is InChI=1S/C14H17FINO2/c1-5-12(17-13(18)19-14(2,3)4)9-6-10(15)8-11(16)7-9/h5-8,12H,1H2,2-4H3,(H,17,18)/t12-/m1/s1. The van der Waals surface area contributed by atoms with E-state index < -0.39 is 17.7 Å². The van der Waals surface area contributed by atoms with Gasteiger partial charge in [-0.15, -0.1) is 6.58 Å². The maximum Gasteiger partial charge on any atom is 0.408 e. The molecule has 19 heavy (non-hydrogen) atoms. The van der Waals surface area contributed by atoms with Crippen molar-refractivity contribution in [3.8, 4) is 0 Å². The van der Waals surface area contributed by atoms with Gasteiger partial charge in [-0.1, -0.05) is 6.08 Å². The van der Waals surface area contributed by atoms with Crippen LogP contribution in [0.25, 0.3) is 0 Å². The van der Waals surface area contributed by atoms with Crippen molar-refractivity contribution in [3.05, 3.63) is 45.8 Å². The number of halogens is 2. The lowest BCUT2D eigenvalue weighted by Gasteiger charge is -2.22. The zero-order chi connectivity index (χ0) is 14.6. The van der Waals surface area contributed by atoms with Gasteiger partial charge in [-0.2, -0.15) is 0 Å². The molecule has 104 valence electrons. The Morgan fingerprint density at radius 1 is 1.47 bits per heavy atom. The van der Waals surface area contributed by atoms with E-state index >= 15 is 0 Å². The Morgan fingerprint density at radius 2 is 2.11 bits per heavy atom. The predicted molar refractivity (Wildman–Crippen MR) is 81.4 cm³/mol. The Hall–Kier alpha value is -1.11. The highest BCUT2D eigenvalue weighted by atomic mass is 127. The monoisotopic (exact) mass is 377 g/mol. The van der Waals surface area contributed by atoms with Gasteiger partial charge in [0.15, 0.2) is 0 Å². The van der Waals surface area contributed by atoms with E-state index in [1.54, 1.807) is 26.8 Å². The smallest absolute Gasteiger partial charge is 0.408 e. The molecule has 0 saturated heterocycles. The molecule has 0 bridgehead atoms. The summed E-state index contributed by atoms with van der Waals surface area (Å²) in [6.45, 7) is 8.99. The summed E-state index contributed by atoms with van der Waals surface area (Å²) in [7, 11) is 0. The van der Waals surface area contributed by atoms with E-state index in [0.717, 1.165) is 3.57 Å². The lowest BCUT2D eigenvalue weighted by molar-refractivity contribution is 0.0514. The van der Waals surface area contributed by atoms with Gasteiger partial charge in [0.25, 0.3) is 0 Å². The number of hydrogen-bond donors (Lipinski definition) is 1. The molecule has 0 radical (unpaired) electrons. The van der Waals surface area contributed by atoms with Crippen LogP contribution >= 0.6 is 22.6 Å². The van der Waals surface area contributed by atoms with Crippen molar-refractivity contribution >= 4 is 28.7 Å². The molecular weight excluding hydrogens is 360 g/mol. The van der Waals surface area contributed by atoms with Crippen molar-refractivity contribution in [1.29, 1.82) is 0 Å². The van der Waals surface area contributed by atoms with Crippen LogP contribution in [0.1, 0.15) is 32.4 Å². The summed E-state index contributed by atoms with van der Waals surface area (Å²) in [5.41, 5.74) is 0.0527. The summed E-state index contributed by atoms with van der Waals surface area (Å²) in [5.74, 6) is -0.347. The zero-order valence-corrected chi connectivity index (χ0v) is 13.3. The fourth-order valence-corrected chi connectivity index (χ4v) is 2.12. The van der Waals surface area contributed by atoms with Crippen LogP contribution in [0.4, 0.5) is 9.18 Å². The van der Waals surface area contributed by atoms with E-state index in [-0.39, 0.29) is 5.82 Å². The van der Waals surface area contributed by atoms with E-state index in [0.29, 0.717) is 5.56 Å². The Bertz CT molecular complexity index is 463. The largest absolute Gasteiger partial charge is 0.444 e. The number of rotatable bonds is 3. The summed E-state index contributed by atoms with van der Waals surface area (Å²) < 4.78 is 19.3. The lowest BCUT2D eigenvalue weighted by Crippen LogP contribution is -2.34. The summed E-state index contributed by atoms with van der Waals surface area (Å²) in [5, 5.41) is 2.64. The third-order valence-electron chi connectivity index (χ3n) is 2.15. The third kappa shape index (κ3) is 5.59. The number of nitrogens with one attached hydrogen (secondary N) is 1. The fraction of sp³-hybridized carbons (Fsp3) is 0.357. The molecule has 1 aromatic rings. The second-order valence-corrected chi connectivity index (χ2v) is 6.31. The van der Waals surface area contributed by atoms with E-state index in [4.69, 9.17) is 4.74 Å². The normalized spacial score (nSPS) is 12.7. The molecule has 0 aliphatic carbocycles. The van der Waals surface area contributed by atoms with Crippen LogP contribution in [-0.4, -0.2) is 11.7 Å². The first-order valence-corrected chi connectivity index (χ1v) is 6.87. The van der Waals surface area contributed by atoms with E-state index in [2.05, 4.69) is 11.9 Å². The molecule has 0 fully saturated rings. The summed E-state index contributed by atoms with van der Waals surface area (Å²) in [6.07, 6.45) is 0.978. The highest BCUT2D eigenvalue weighted by Gasteiger charge is 2.19. The molecule has 0 heterocycles. The van der Waals surface area contributed by atoms with Gasteiger partial charge in [-0.25, -0.2) is 9.18 Å². The molecule has 1 rings (SSSR count). The van der Waals surface area contributed by atoms with Crippen LogP contribution in [0, 0.1) is 9.39 Å². The van der Waals surface area contributed by atoms with Gasteiger partial charge >= 0.3 is 6.09 Å². The Labute approximate surface area is 126 Å². The summed E-state index contributed by atoms with van der Waals surface area (Å²) in [6, 6.07) is 4.08. The van der Waals surface area contributed by atoms with Crippen molar-refractivity contribution in [2.75, 3.05) is 0 Å². The van der Waals surface area contributed by atoms with Crippen molar-refractivity contribution in [2.24, 2.45) is 0 Å². The second kappa shape index (κ2) is 6.36. The molecule has 1 amide bonds. The van der Waals surface area contributed by atoms with Gasteiger partial charge in [0.1, 0.15) is 11.4 Å². The number of ether oxygens (including phenoxy) is 1. The van der Waals surface area contributed by atoms with Gasteiger partial charge in [-0.05, 0) is 67.1 Å². The van der Waals surface area contributed by atoms with Crippen molar-refractivity contribution in [2.45, 2.75) is 32.4 Å². The first kappa shape index (κ1) is 15.9. The fourth-order valence-electron chi connectivity index (χ4n) is 1.47. The number of alkyl carbamates (subject to hydrolysis) is 1. The second-order valence-electron chi connectivity index (χ2n) is 5.06. The number of amides is 1. The molecule has 0 spiro atoms. The summed E-state index contributed by atoms with van der Waals surface area (Å²) >= 11 is 2.02. The Morgan fingerprint density at radius 3 is 2.58 bits per heavy atom. The summed E-state index contributed by atoms with van der Waals surface area (Å²) in [4.78, 5) is 11.7. The first-order chi connectivity index (χ1) is 8.71. The van der Waals surface area contributed by atoms with Crippen LogP contribution in [0.3, 0.4) is 0 Å². The minimum Gasteiger partial charge on any atom is -0.444 e.